The van der Waals surface area contributed by atoms with Gasteiger partial charge in [-0.15, -0.1) is 0 Å². The van der Waals surface area contributed by atoms with E-state index in [2.05, 4.69) is 11.2 Å². The monoisotopic (exact) mass is 193 g/mol. The summed E-state index contributed by atoms with van der Waals surface area (Å²) < 4.78 is 1.62. The normalized spacial score (nSPS) is 17.1. The van der Waals surface area contributed by atoms with Crippen molar-refractivity contribution in [2.45, 2.75) is 26.4 Å². The lowest BCUT2D eigenvalue weighted by atomic mass is 9.81. The van der Waals surface area contributed by atoms with Crippen LogP contribution < -0.4 is 0 Å². The first-order chi connectivity index (χ1) is 6.53. The highest BCUT2D eigenvalue weighted by atomic mass is 16.3. The quantitative estimate of drug-likeness (QED) is 0.789. The third-order valence-electron chi connectivity index (χ3n) is 2.63. The highest BCUT2D eigenvalue weighted by Crippen LogP contribution is 2.35. The second-order valence-corrected chi connectivity index (χ2v) is 3.73. The number of aliphatic hydroxyl groups excluding tert-OH is 1. The Kier molecular flexibility index (Phi) is 2.92. The first kappa shape index (κ1) is 10.7. The summed E-state index contributed by atoms with van der Waals surface area (Å²) in [5.41, 5.74) is -0.0401. The molecule has 0 aromatic carbocycles. The van der Waals surface area contributed by atoms with E-state index >= 15 is 0 Å². The van der Waals surface area contributed by atoms with Crippen LogP contribution in [0, 0.1) is 16.7 Å². The average molecular weight is 193 g/mol. The maximum atomic E-state index is 9.98. The zero-order chi connectivity index (χ0) is 10.8. The molecule has 0 aliphatic carbocycles. The molecule has 0 bridgehead atoms. The van der Waals surface area contributed by atoms with Crippen LogP contribution in [0.5, 0.6) is 0 Å². The molecule has 1 heterocycles. The fourth-order valence-electron chi connectivity index (χ4n) is 1.28. The molecule has 1 rings (SSSR count). The number of rotatable bonds is 3. The predicted molar refractivity (Wildman–Crippen MR) is 52.2 cm³/mol. The van der Waals surface area contributed by atoms with Gasteiger partial charge in [0.15, 0.2) is 0 Å². The van der Waals surface area contributed by atoms with E-state index in [1.165, 1.54) is 0 Å². The van der Waals surface area contributed by atoms with Gasteiger partial charge in [0, 0.05) is 18.8 Å². The smallest absolute Gasteiger partial charge is 0.100 e. The minimum absolute atomic E-state index is 0.611. The molecule has 2 atom stereocenters. The van der Waals surface area contributed by atoms with E-state index in [1.807, 2.05) is 6.92 Å². The molecule has 1 N–H and O–H groups in total. The fourth-order valence-corrected chi connectivity index (χ4v) is 1.28. The standard InChI is InChI=1S/C10H15N3O/c1-4-10(2,7-11)9(14)8-5-12-13(3)6-8/h5-6,9,14H,4H2,1-3H3. The van der Waals surface area contributed by atoms with Crippen LogP contribution in [0.15, 0.2) is 12.4 Å². The van der Waals surface area contributed by atoms with Gasteiger partial charge in [-0.2, -0.15) is 10.4 Å². The molecule has 0 spiro atoms. The zero-order valence-electron chi connectivity index (χ0n) is 8.73. The van der Waals surface area contributed by atoms with Crippen LogP contribution >= 0.6 is 0 Å². The van der Waals surface area contributed by atoms with Crippen molar-refractivity contribution in [3.63, 3.8) is 0 Å². The maximum Gasteiger partial charge on any atom is 0.100 e. The van der Waals surface area contributed by atoms with E-state index in [1.54, 1.807) is 31.0 Å². The first-order valence-corrected chi connectivity index (χ1v) is 4.61. The summed E-state index contributed by atoms with van der Waals surface area (Å²) >= 11 is 0. The summed E-state index contributed by atoms with van der Waals surface area (Å²) in [7, 11) is 1.78. The molecule has 0 radical (unpaired) electrons. The summed E-state index contributed by atoms with van der Waals surface area (Å²) in [6.07, 6.45) is 3.16. The van der Waals surface area contributed by atoms with Crippen LogP contribution in [0.25, 0.3) is 0 Å². The van der Waals surface area contributed by atoms with Crippen molar-refractivity contribution in [2.75, 3.05) is 0 Å². The van der Waals surface area contributed by atoms with Crippen molar-refractivity contribution in [3.05, 3.63) is 18.0 Å². The van der Waals surface area contributed by atoms with Gasteiger partial charge >= 0.3 is 0 Å². The van der Waals surface area contributed by atoms with E-state index in [-0.39, 0.29) is 0 Å². The Bertz CT molecular complexity index is 352. The van der Waals surface area contributed by atoms with Gasteiger partial charge in [0.2, 0.25) is 0 Å². The predicted octanol–water partition coefficient (Wildman–Crippen LogP) is 1.39. The third kappa shape index (κ3) is 1.78. The van der Waals surface area contributed by atoms with Gasteiger partial charge in [0.05, 0.1) is 17.7 Å². The van der Waals surface area contributed by atoms with Crippen LogP contribution in [0.3, 0.4) is 0 Å². The van der Waals surface area contributed by atoms with Crippen LogP contribution in [0.4, 0.5) is 0 Å². The van der Waals surface area contributed by atoms with Crippen molar-refractivity contribution in [3.8, 4) is 6.07 Å². The molecule has 0 aliphatic heterocycles. The summed E-state index contributed by atoms with van der Waals surface area (Å²) in [6, 6.07) is 2.15. The molecule has 0 saturated heterocycles. The lowest BCUT2D eigenvalue weighted by molar-refractivity contribution is 0.0721. The number of nitriles is 1. The Balaban J connectivity index is 2.95. The van der Waals surface area contributed by atoms with Crippen LogP contribution in [0.1, 0.15) is 31.9 Å². The van der Waals surface area contributed by atoms with Crippen molar-refractivity contribution in [1.29, 1.82) is 5.26 Å². The zero-order valence-corrected chi connectivity index (χ0v) is 8.73. The molecule has 0 amide bonds. The topological polar surface area (TPSA) is 61.8 Å². The highest BCUT2D eigenvalue weighted by Gasteiger charge is 2.33. The van der Waals surface area contributed by atoms with Crippen molar-refractivity contribution < 1.29 is 5.11 Å². The number of aliphatic hydroxyl groups is 1. The summed E-state index contributed by atoms with van der Waals surface area (Å²) in [5.74, 6) is 0. The van der Waals surface area contributed by atoms with Crippen LogP contribution in [-0.4, -0.2) is 14.9 Å². The second kappa shape index (κ2) is 3.81. The molecule has 1 aromatic heterocycles. The molecule has 0 fully saturated rings. The van der Waals surface area contributed by atoms with Gasteiger partial charge in [0.1, 0.15) is 6.10 Å². The number of aromatic nitrogens is 2. The van der Waals surface area contributed by atoms with E-state index in [4.69, 9.17) is 5.26 Å². The number of hydrogen-bond donors (Lipinski definition) is 1. The number of hydrogen-bond acceptors (Lipinski definition) is 3. The number of nitrogens with zero attached hydrogens (tertiary/aromatic N) is 3. The minimum atomic E-state index is -0.772. The van der Waals surface area contributed by atoms with Gasteiger partial charge in [0.25, 0.3) is 0 Å². The Morgan fingerprint density at radius 3 is 2.79 bits per heavy atom. The van der Waals surface area contributed by atoms with E-state index < -0.39 is 11.5 Å². The molecule has 2 unspecified atom stereocenters. The molecule has 14 heavy (non-hydrogen) atoms. The van der Waals surface area contributed by atoms with Crippen LogP contribution in [0.2, 0.25) is 0 Å². The molecule has 76 valence electrons. The fraction of sp³-hybridized carbons (Fsp3) is 0.600. The highest BCUT2D eigenvalue weighted by molar-refractivity contribution is 5.16. The molecular formula is C10H15N3O. The average Bonchev–Trinajstić information content (AvgIpc) is 2.62. The number of aryl methyl sites for hydroxylation is 1. The molecule has 4 heteroatoms. The maximum absolute atomic E-state index is 9.98. The Hall–Kier alpha value is -1.34. The third-order valence-corrected chi connectivity index (χ3v) is 2.63. The molecule has 4 nitrogen and oxygen atoms in total. The molecule has 1 aromatic rings. The van der Waals surface area contributed by atoms with E-state index in [9.17, 15) is 5.11 Å². The second-order valence-electron chi connectivity index (χ2n) is 3.73. The van der Waals surface area contributed by atoms with Crippen molar-refractivity contribution in [1.82, 2.24) is 9.78 Å². The summed E-state index contributed by atoms with van der Waals surface area (Å²) in [5, 5.41) is 22.9. The van der Waals surface area contributed by atoms with E-state index in [0.717, 1.165) is 0 Å². The molecule has 0 saturated carbocycles. The Morgan fingerprint density at radius 1 is 1.79 bits per heavy atom. The van der Waals surface area contributed by atoms with Crippen LogP contribution in [-0.2, 0) is 7.05 Å². The molecule has 0 aliphatic rings. The summed E-state index contributed by atoms with van der Waals surface area (Å²) in [4.78, 5) is 0. The minimum Gasteiger partial charge on any atom is -0.387 e. The van der Waals surface area contributed by atoms with E-state index in [0.29, 0.717) is 12.0 Å². The van der Waals surface area contributed by atoms with Gasteiger partial charge in [-0.05, 0) is 13.3 Å². The van der Waals surface area contributed by atoms with Gasteiger partial charge < -0.3 is 5.11 Å². The van der Waals surface area contributed by atoms with Crippen molar-refractivity contribution >= 4 is 0 Å². The Labute approximate surface area is 83.8 Å². The lowest BCUT2D eigenvalue weighted by Crippen LogP contribution is -2.22. The first-order valence-electron chi connectivity index (χ1n) is 4.61. The summed E-state index contributed by atoms with van der Waals surface area (Å²) in [6.45, 7) is 3.65. The Morgan fingerprint density at radius 2 is 2.43 bits per heavy atom. The molecular weight excluding hydrogens is 178 g/mol. The van der Waals surface area contributed by atoms with Gasteiger partial charge in [-0.1, -0.05) is 6.92 Å². The van der Waals surface area contributed by atoms with Gasteiger partial charge in [-0.25, -0.2) is 0 Å². The SMILES string of the molecule is CCC(C)(C#N)C(O)c1cnn(C)c1. The van der Waals surface area contributed by atoms with Crippen molar-refractivity contribution in [2.24, 2.45) is 12.5 Å². The largest absolute Gasteiger partial charge is 0.387 e. The lowest BCUT2D eigenvalue weighted by Gasteiger charge is -2.25. The van der Waals surface area contributed by atoms with Gasteiger partial charge in [-0.3, -0.25) is 4.68 Å².